The Morgan fingerprint density at radius 3 is 2.13 bits per heavy atom. The zero-order valence-electron chi connectivity index (χ0n) is 35.7. The summed E-state index contributed by atoms with van der Waals surface area (Å²) in [4.78, 5) is 97.1. The Kier molecular flexibility index (Phi) is 21.6. The summed E-state index contributed by atoms with van der Waals surface area (Å²) in [5.74, 6) is -4.69. The molecular weight excluding hydrogens is 811 g/mol. The van der Waals surface area contributed by atoms with Crippen molar-refractivity contribution in [1.82, 2.24) is 36.1 Å². The van der Waals surface area contributed by atoms with E-state index in [-0.39, 0.29) is 31.3 Å². The van der Waals surface area contributed by atoms with E-state index in [1.165, 1.54) is 36.8 Å². The minimum absolute atomic E-state index is 0.0671. The molecule has 1 saturated heterocycles. The molecule has 9 N–H and O–H groups in total. The maximum Gasteiger partial charge on any atom is 0.472 e. The summed E-state index contributed by atoms with van der Waals surface area (Å²) in [6, 6.07) is 3.74. The molecule has 2 heterocycles. The van der Waals surface area contributed by atoms with E-state index in [2.05, 4.69) is 43.4 Å². The van der Waals surface area contributed by atoms with Crippen molar-refractivity contribution in [2.24, 2.45) is 11.7 Å². The number of unbranched alkanes of at least 4 members (excludes halogenated alkanes) is 6. The molecule has 1 aromatic heterocycles. The molecule has 340 valence electrons. The van der Waals surface area contributed by atoms with Crippen LogP contribution in [0.2, 0.25) is 0 Å². The largest absolute Gasteiger partial charge is 0.472 e. The van der Waals surface area contributed by atoms with Gasteiger partial charge in [-0.3, -0.25) is 37.8 Å². The molecule has 1 aliphatic heterocycles. The number of aliphatic hydroxyl groups is 1. The number of rotatable bonds is 28. The van der Waals surface area contributed by atoms with Crippen LogP contribution in [0.5, 0.6) is 0 Å². The van der Waals surface area contributed by atoms with Crippen LogP contribution < -0.4 is 27.0 Å². The fourth-order valence-electron chi connectivity index (χ4n) is 7.07. The highest BCUT2D eigenvalue weighted by molar-refractivity contribution is 7.47. The number of hydrogen-bond donors (Lipinski definition) is 8. The lowest BCUT2D eigenvalue weighted by Gasteiger charge is -2.28. The summed E-state index contributed by atoms with van der Waals surface area (Å²) >= 11 is 0. The van der Waals surface area contributed by atoms with Gasteiger partial charge < -0.3 is 46.9 Å². The van der Waals surface area contributed by atoms with Crippen LogP contribution in [0.4, 0.5) is 0 Å². The molecule has 2 aromatic rings. The molecule has 0 radical (unpaired) electrons. The third-order valence-electron chi connectivity index (χ3n) is 10.3. The van der Waals surface area contributed by atoms with Crippen LogP contribution in [0.3, 0.4) is 0 Å². The second kappa shape index (κ2) is 25.9. The van der Waals surface area contributed by atoms with Crippen molar-refractivity contribution < 1.29 is 52.4 Å². The Balaban J connectivity index is 1.54. The number of phosphoric acid groups is 1. The number of imidazole rings is 1. The average molecular weight is 877 g/mol. The molecule has 6 amide bonds. The maximum absolute atomic E-state index is 13.7. The first-order valence-electron chi connectivity index (χ1n) is 21.1. The predicted molar refractivity (Wildman–Crippen MR) is 225 cm³/mol. The van der Waals surface area contributed by atoms with E-state index in [9.17, 15) is 43.3 Å². The number of phosphoric ester groups is 1. The summed E-state index contributed by atoms with van der Waals surface area (Å²) < 4.78 is 23.0. The Hall–Kier alpha value is -4.68. The standard InChI is InChI=1S/C41H65N8O11P/c1-27(2)22-32(46-41(56)35-19-15-20-49(35)29(4)51)38(53)45-33(23-31-24-43-26-44-31)39(54)47-34(25-50)40(55)48-36(37(42)52)28(3)60-61(57,58)59-21-14-9-7-5-6-8-11-16-30-17-12-10-13-18-30/h10,12-13,17-18,24,26-28,32-36,50H,5-9,11,14-16,19-23,25H2,1-4H3,(H2,42,52)(H,43,44)(H,45,53)(H,46,56)(H,47,54)(H,48,55)(H,57,58). The molecule has 0 bridgehead atoms. The van der Waals surface area contributed by atoms with Gasteiger partial charge in [-0.25, -0.2) is 9.55 Å². The van der Waals surface area contributed by atoms with Gasteiger partial charge in [0.2, 0.25) is 35.4 Å². The van der Waals surface area contributed by atoms with Gasteiger partial charge in [0.05, 0.1) is 25.6 Å². The molecule has 1 aromatic carbocycles. The van der Waals surface area contributed by atoms with Gasteiger partial charge in [0, 0.05) is 31.8 Å². The predicted octanol–water partition coefficient (Wildman–Crippen LogP) is 1.92. The van der Waals surface area contributed by atoms with Crippen LogP contribution in [-0.2, 0) is 55.2 Å². The summed E-state index contributed by atoms with van der Waals surface area (Å²) in [5, 5.41) is 20.1. The van der Waals surface area contributed by atoms with Crippen molar-refractivity contribution >= 4 is 43.3 Å². The number of likely N-dealkylation sites (tertiary alicyclic amines) is 1. The second-order valence-corrected chi connectivity index (χ2v) is 17.3. The number of nitrogens with zero attached hydrogens (tertiary/aromatic N) is 2. The van der Waals surface area contributed by atoms with Gasteiger partial charge in [-0.15, -0.1) is 0 Å². The number of nitrogens with two attached hydrogens (primary N) is 1. The average Bonchev–Trinajstić information content (AvgIpc) is 3.92. The monoisotopic (exact) mass is 876 g/mol. The van der Waals surface area contributed by atoms with Crippen molar-refractivity contribution in [3.8, 4) is 0 Å². The van der Waals surface area contributed by atoms with Gasteiger partial charge in [0.25, 0.3) is 0 Å². The molecule has 0 saturated carbocycles. The van der Waals surface area contributed by atoms with Gasteiger partial charge in [-0.2, -0.15) is 0 Å². The number of primary amides is 1. The molecule has 1 fully saturated rings. The number of aromatic nitrogens is 2. The van der Waals surface area contributed by atoms with E-state index in [1.807, 2.05) is 32.0 Å². The zero-order chi connectivity index (χ0) is 45.0. The highest BCUT2D eigenvalue weighted by atomic mass is 31.2. The van der Waals surface area contributed by atoms with Crippen molar-refractivity contribution in [2.75, 3.05) is 19.8 Å². The normalized spacial score (nSPS) is 17.4. The van der Waals surface area contributed by atoms with E-state index in [0.717, 1.165) is 44.9 Å². The lowest BCUT2D eigenvalue weighted by atomic mass is 10.0. The summed E-state index contributed by atoms with van der Waals surface area (Å²) in [6.45, 7) is 5.66. The summed E-state index contributed by atoms with van der Waals surface area (Å²) in [6.07, 6.45) is 9.99. The van der Waals surface area contributed by atoms with Crippen LogP contribution in [0.25, 0.3) is 0 Å². The lowest BCUT2D eigenvalue weighted by molar-refractivity contribution is -0.139. The Morgan fingerprint density at radius 1 is 0.902 bits per heavy atom. The third-order valence-corrected chi connectivity index (χ3v) is 11.4. The molecule has 20 heteroatoms. The second-order valence-electron chi connectivity index (χ2n) is 15.9. The van der Waals surface area contributed by atoms with E-state index < -0.39 is 80.3 Å². The molecule has 7 unspecified atom stereocenters. The lowest BCUT2D eigenvalue weighted by Crippen LogP contribution is -2.61. The fraction of sp³-hybridized carbons (Fsp3) is 0.634. The zero-order valence-corrected chi connectivity index (χ0v) is 36.6. The SMILES string of the molecule is CC(=O)N1CCCC1C(=O)NC(CC(C)C)C(=O)NC(Cc1cnc[nH]1)C(=O)NC(CO)C(=O)NC(C(N)=O)C(C)OP(=O)(O)OCCCCCCCCCc1ccccc1. The molecule has 1 aliphatic rings. The highest BCUT2D eigenvalue weighted by Crippen LogP contribution is 2.45. The molecule has 19 nitrogen and oxygen atoms in total. The van der Waals surface area contributed by atoms with Crippen LogP contribution in [-0.4, -0.2) is 116 Å². The number of aliphatic hydroxyl groups excluding tert-OH is 1. The van der Waals surface area contributed by atoms with Crippen molar-refractivity contribution in [3.05, 3.63) is 54.1 Å². The molecule has 7 atom stereocenters. The third kappa shape index (κ3) is 18.1. The van der Waals surface area contributed by atoms with Crippen molar-refractivity contribution in [2.45, 2.75) is 141 Å². The van der Waals surface area contributed by atoms with Gasteiger partial charge >= 0.3 is 7.82 Å². The van der Waals surface area contributed by atoms with E-state index in [4.69, 9.17) is 14.8 Å². The topological polar surface area (TPSA) is 284 Å². The molecule has 0 spiro atoms. The number of benzene rings is 1. The first-order chi connectivity index (χ1) is 29.0. The number of aromatic amines is 1. The van der Waals surface area contributed by atoms with Crippen LogP contribution >= 0.6 is 7.82 Å². The van der Waals surface area contributed by atoms with Gasteiger partial charge in [0.1, 0.15) is 30.2 Å². The van der Waals surface area contributed by atoms with Crippen LogP contribution in [0.1, 0.15) is 103 Å². The number of aryl methyl sites for hydroxylation is 1. The Labute approximate surface area is 357 Å². The highest BCUT2D eigenvalue weighted by Gasteiger charge is 2.37. The molecule has 0 aliphatic carbocycles. The van der Waals surface area contributed by atoms with Crippen LogP contribution in [0, 0.1) is 5.92 Å². The Bertz CT molecular complexity index is 1750. The first kappa shape index (κ1) is 50.7. The number of carbonyl (C=O) groups is 6. The fourth-order valence-corrected chi connectivity index (χ4v) is 8.03. The number of amides is 6. The van der Waals surface area contributed by atoms with Crippen molar-refractivity contribution in [1.29, 1.82) is 0 Å². The first-order valence-corrected chi connectivity index (χ1v) is 22.6. The quantitative estimate of drug-likeness (QED) is 0.0450. The van der Waals surface area contributed by atoms with Gasteiger partial charge in [0.15, 0.2) is 0 Å². The van der Waals surface area contributed by atoms with Gasteiger partial charge in [-0.1, -0.05) is 76.3 Å². The van der Waals surface area contributed by atoms with E-state index in [1.54, 1.807) is 0 Å². The molecule has 3 rings (SSSR count). The number of nitrogens with one attached hydrogen (secondary N) is 5. The van der Waals surface area contributed by atoms with Crippen molar-refractivity contribution in [3.63, 3.8) is 0 Å². The van der Waals surface area contributed by atoms with E-state index in [0.29, 0.717) is 31.5 Å². The number of hydrogen-bond acceptors (Lipinski definition) is 11. The smallest absolute Gasteiger partial charge is 0.394 e. The number of H-pyrrole nitrogens is 1. The summed E-state index contributed by atoms with van der Waals surface area (Å²) in [7, 11) is -4.70. The number of carbonyl (C=O) groups excluding carboxylic acids is 6. The summed E-state index contributed by atoms with van der Waals surface area (Å²) in [5.41, 5.74) is 7.26. The Morgan fingerprint density at radius 2 is 1.52 bits per heavy atom. The molecular formula is C41H65N8O11P. The minimum atomic E-state index is -4.70. The van der Waals surface area contributed by atoms with E-state index >= 15 is 0 Å². The maximum atomic E-state index is 13.7. The minimum Gasteiger partial charge on any atom is -0.394 e. The van der Waals surface area contributed by atoms with Gasteiger partial charge in [-0.05, 0) is 56.9 Å². The van der Waals surface area contributed by atoms with Crippen LogP contribution in [0.15, 0.2) is 42.9 Å². The molecule has 61 heavy (non-hydrogen) atoms.